The molecule has 2 fully saturated rings. The summed E-state index contributed by atoms with van der Waals surface area (Å²) in [6, 6.07) is 0.639. The molecule has 0 saturated carbocycles. The van der Waals surface area contributed by atoms with Crippen molar-refractivity contribution in [2.45, 2.75) is 57.6 Å². The largest absolute Gasteiger partial charge is 0.393 e. The minimum absolute atomic E-state index is 0.143. The van der Waals surface area contributed by atoms with Gasteiger partial charge in [-0.2, -0.15) is 0 Å². The molecule has 0 aliphatic carbocycles. The molecule has 0 amide bonds. The predicted octanol–water partition coefficient (Wildman–Crippen LogP) is 1.71. The SMILES string of the molecule is CC(O)CC1CCCN1CCN1CCCCC1. The van der Waals surface area contributed by atoms with Crippen LogP contribution in [0.5, 0.6) is 0 Å². The lowest BCUT2D eigenvalue weighted by Crippen LogP contribution is -2.40. The molecule has 3 heteroatoms. The summed E-state index contributed by atoms with van der Waals surface area (Å²) in [5.41, 5.74) is 0. The molecule has 0 aromatic rings. The average Bonchev–Trinajstić information content (AvgIpc) is 2.74. The van der Waals surface area contributed by atoms with Crippen molar-refractivity contribution in [3.05, 3.63) is 0 Å². The maximum atomic E-state index is 9.51. The lowest BCUT2D eigenvalue weighted by Gasteiger charge is -2.31. The Kier molecular flexibility index (Phi) is 5.26. The van der Waals surface area contributed by atoms with Crippen LogP contribution >= 0.6 is 0 Å². The van der Waals surface area contributed by atoms with Gasteiger partial charge in [0.15, 0.2) is 0 Å². The number of hydrogen-bond acceptors (Lipinski definition) is 3. The Morgan fingerprint density at radius 3 is 2.53 bits per heavy atom. The van der Waals surface area contributed by atoms with Crippen molar-refractivity contribution in [3.8, 4) is 0 Å². The molecule has 2 unspecified atom stereocenters. The molecule has 0 spiro atoms. The fraction of sp³-hybridized carbons (Fsp3) is 1.00. The summed E-state index contributed by atoms with van der Waals surface area (Å²) in [7, 11) is 0. The van der Waals surface area contributed by atoms with Gasteiger partial charge in [0.1, 0.15) is 0 Å². The van der Waals surface area contributed by atoms with Gasteiger partial charge in [-0.05, 0) is 58.7 Å². The molecule has 2 rings (SSSR count). The van der Waals surface area contributed by atoms with E-state index in [2.05, 4.69) is 9.80 Å². The smallest absolute Gasteiger partial charge is 0.0527 e. The van der Waals surface area contributed by atoms with Crippen LogP contribution < -0.4 is 0 Å². The minimum Gasteiger partial charge on any atom is -0.393 e. The van der Waals surface area contributed by atoms with Gasteiger partial charge in [0.05, 0.1) is 6.10 Å². The quantitative estimate of drug-likeness (QED) is 0.792. The molecule has 2 atom stereocenters. The molecule has 17 heavy (non-hydrogen) atoms. The summed E-state index contributed by atoms with van der Waals surface area (Å²) in [6.07, 6.45) is 7.61. The van der Waals surface area contributed by atoms with Crippen LogP contribution in [0, 0.1) is 0 Å². The number of aliphatic hydroxyl groups is 1. The Hall–Kier alpha value is -0.120. The first kappa shape index (κ1) is 13.3. The first-order valence-electron chi connectivity index (χ1n) is 7.40. The van der Waals surface area contributed by atoms with Crippen LogP contribution in [0.4, 0.5) is 0 Å². The Morgan fingerprint density at radius 1 is 1.06 bits per heavy atom. The van der Waals surface area contributed by atoms with E-state index >= 15 is 0 Å². The Morgan fingerprint density at radius 2 is 1.82 bits per heavy atom. The van der Waals surface area contributed by atoms with Crippen LogP contribution in [0.3, 0.4) is 0 Å². The van der Waals surface area contributed by atoms with E-state index in [0.29, 0.717) is 6.04 Å². The van der Waals surface area contributed by atoms with Crippen molar-refractivity contribution in [3.63, 3.8) is 0 Å². The summed E-state index contributed by atoms with van der Waals surface area (Å²) in [4.78, 5) is 5.21. The summed E-state index contributed by atoms with van der Waals surface area (Å²) in [5, 5.41) is 9.51. The van der Waals surface area contributed by atoms with E-state index < -0.39 is 0 Å². The van der Waals surface area contributed by atoms with Crippen molar-refractivity contribution in [1.82, 2.24) is 9.80 Å². The van der Waals surface area contributed by atoms with Gasteiger partial charge in [0, 0.05) is 19.1 Å². The third-order valence-electron chi connectivity index (χ3n) is 4.26. The summed E-state index contributed by atoms with van der Waals surface area (Å²) < 4.78 is 0. The molecule has 0 bridgehead atoms. The zero-order valence-corrected chi connectivity index (χ0v) is 11.3. The van der Waals surface area contributed by atoms with Crippen molar-refractivity contribution in [1.29, 1.82) is 0 Å². The number of piperidine rings is 1. The minimum atomic E-state index is -0.143. The van der Waals surface area contributed by atoms with E-state index in [9.17, 15) is 5.11 Å². The molecular weight excluding hydrogens is 212 g/mol. The molecule has 1 N–H and O–H groups in total. The zero-order valence-electron chi connectivity index (χ0n) is 11.3. The first-order valence-corrected chi connectivity index (χ1v) is 7.40. The highest BCUT2D eigenvalue weighted by Crippen LogP contribution is 2.21. The van der Waals surface area contributed by atoms with Crippen LogP contribution in [0.15, 0.2) is 0 Å². The predicted molar refractivity (Wildman–Crippen MR) is 71.2 cm³/mol. The van der Waals surface area contributed by atoms with Crippen molar-refractivity contribution >= 4 is 0 Å². The van der Waals surface area contributed by atoms with E-state index in [0.717, 1.165) is 6.42 Å². The van der Waals surface area contributed by atoms with E-state index in [1.807, 2.05) is 6.92 Å². The van der Waals surface area contributed by atoms with Crippen LogP contribution in [0.1, 0.15) is 45.4 Å². The second-order valence-corrected chi connectivity index (χ2v) is 5.82. The van der Waals surface area contributed by atoms with Gasteiger partial charge in [-0.1, -0.05) is 6.42 Å². The van der Waals surface area contributed by atoms with Gasteiger partial charge >= 0.3 is 0 Å². The number of hydrogen-bond donors (Lipinski definition) is 1. The van der Waals surface area contributed by atoms with Crippen molar-refractivity contribution in [2.24, 2.45) is 0 Å². The molecular formula is C14H28N2O. The molecule has 0 radical (unpaired) electrons. The third kappa shape index (κ3) is 4.23. The van der Waals surface area contributed by atoms with Gasteiger partial charge in [-0.15, -0.1) is 0 Å². The van der Waals surface area contributed by atoms with Crippen molar-refractivity contribution < 1.29 is 5.11 Å². The lowest BCUT2D eigenvalue weighted by atomic mass is 10.1. The maximum absolute atomic E-state index is 9.51. The topological polar surface area (TPSA) is 26.7 Å². The number of aliphatic hydroxyl groups excluding tert-OH is 1. The number of rotatable bonds is 5. The summed E-state index contributed by atoms with van der Waals surface area (Å²) in [6.45, 7) is 8.20. The van der Waals surface area contributed by atoms with Gasteiger partial charge in [0.25, 0.3) is 0 Å². The molecule has 2 saturated heterocycles. The first-order chi connectivity index (χ1) is 8.25. The van der Waals surface area contributed by atoms with Crippen LogP contribution in [-0.2, 0) is 0 Å². The Bertz CT molecular complexity index is 214. The number of nitrogens with zero attached hydrogens (tertiary/aromatic N) is 2. The molecule has 100 valence electrons. The second kappa shape index (κ2) is 6.72. The molecule has 3 nitrogen and oxygen atoms in total. The normalized spacial score (nSPS) is 29.6. The fourth-order valence-electron chi connectivity index (χ4n) is 3.30. The van der Waals surface area contributed by atoms with Gasteiger partial charge in [0.2, 0.25) is 0 Å². The van der Waals surface area contributed by atoms with Crippen LogP contribution in [0.25, 0.3) is 0 Å². The van der Waals surface area contributed by atoms with Crippen molar-refractivity contribution in [2.75, 3.05) is 32.7 Å². The molecule has 2 aliphatic heterocycles. The van der Waals surface area contributed by atoms with E-state index in [1.54, 1.807) is 0 Å². The lowest BCUT2D eigenvalue weighted by molar-refractivity contribution is 0.121. The highest BCUT2D eigenvalue weighted by atomic mass is 16.3. The van der Waals surface area contributed by atoms with Crippen LogP contribution in [-0.4, -0.2) is 59.8 Å². The Labute approximate surface area is 106 Å². The number of likely N-dealkylation sites (tertiary alicyclic amines) is 2. The standard InChI is InChI=1S/C14H28N2O/c1-13(17)12-14-6-5-9-16(14)11-10-15-7-3-2-4-8-15/h13-14,17H,2-12H2,1H3. The molecule has 2 aliphatic rings. The zero-order chi connectivity index (χ0) is 12.1. The fourth-order valence-corrected chi connectivity index (χ4v) is 3.30. The average molecular weight is 240 g/mol. The highest BCUT2D eigenvalue weighted by molar-refractivity contribution is 4.81. The summed E-state index contributed by atoms with van der Waals surface area (Å²) >= 11 is 0. The Balaban J connectivity index is 1.69. The highest BCUT2D eigenvalue weighted by Gasteiger charge is 2.25. The monoisotopic (exact) mass is 240 g/mol. The van der Waals surface area contributed by atoms with Gasteiger partial charge in [-0.25, -0.2) is 0 Å². The van der Waals surface area contributed by atoms with E-state index in [1.165, 1.54) is 64.8 Å². The van der Waals surface area contributed by atoms with Gasteiger partial charge < -0.3 is 10.0 Å². The third-order valence-corrected chi connectivity index (χ3v) is 4.26. The second-order valence-electron chi connectivity index (χ2n) is 5.82. The maximum Gasteiger partial charge on any atom is 0.0527 e. The molecule has 0 aromatic carbocycles. The summed E-state index contributed by atoms with van der Waals surface area (Å²) in [5.74, 6) is 0. The van der Waals surface area contributed by atoms with E-state index in [-0.39, 0.29) is 6.10 Å². The van der Waals surface area contributed by atoms with E-state index in [4.69, 9.17) is 0 Å². The molecule has 2 heterocycles. The van der Waals surface area contributed by atoms with Gasteiger partial charge in [-0.3, -0.25) is 4.90 Å². The van der Waals surface area contributed by atoms with Crippen LogP contribution in [0.2, 0.25) is 0 Å². The molecule has 0 aromatic heterocycles.